The summed E-state index contributed by atoms with van der Waals surface area (Å²) in [6.07, 6.45) is -3.28. The maximum absolute atomic E-state index is 13.5. The Kier molecular flexibility index (Phi) is 7.22. The van der Waals surface area contributed by atoms with E-state index in [-0.39, 0.29) is 6.54 Å². The highest BCUT2D eigenvalue weighted by Gasteiger charge is 2.35. The molecule has 4 rings (SSSR count). The second-order valence-electron chi connectivity index (χ2n) is 8.51. The predicted octanol–water partition coefficient (Wildman–Crippen LogP) is 6.17. The Labute approximate surface area is 196 Å². The van der Waals surface area contributed by atoms with Gasteiger partial charge in [0.2, 0.25) is 0 Å². The summed E-state index contributed by atoms with van der Waals surface area (Å²) in [5.74, 6) is -0.897. The quantitative estimate of drug-likeness (QED) is 0.450. The molecule has 34 heavy (non-hydrogen) atoms. The molecule has 0 saturated carbocycles. The molecule has 7 heteroatoms. The van der Waals surface area contributed by atoms with Gasteiger partial charge in [0.25, 0.3) is 0 Å². The van der Waals surface area contributed by atoms with E-state index in [1.54, 1.807) is 12.1 Å². The van der Waals surface area contributed by atoms with Crippen molar-refractivity contribution in [2.45, 2.75) is 31.7 Å². The van der Waals surface area contributed by atoms with E-state index >= 15 is 0 Å². The first-order chi connectivity index (χ1) is 16.3. The molecule has 0 aromatic heterocycles. The highest BCUT2D eigenvalue weighted by molar-refractivity contribution is 5.70. The average molecular weight is 470 g/mol. The van der Waals surface area contributed by atoms with Crippen LogP contribution in [0.3, 0.4) is 0 Å². The maximum atomic E-state index is 13.5. The van der Waals surface area contributed by atoms with Gasteiger partial charge in [-0.15, -0.1) is 0 Å². The molecular weight excluding hydrogens is 443 g/mol. The smallest absolute Gasteiger partial charge is 0.416 e. The van der Waals surface area contributed by atoms with Crippen LogP contribution < -0.4 is 4.74 Å². The Morgan fingerprint density at radius 1 is 1.03 bits per heavy atom. The molecule has 1 N–H and O–H groups in total. The van der Waals surface area contributed by atoms with E-state index in [0.717, 1.165) is 17.7 Å². The van der Waals surface area contributed by atoms with E-state index in [0.29, 0.717) is 42.9 Å². The second-order valence-corrected chi connectivity index (χ2v) is 8.51. The third-order valence-corrected chi connectivity index (χ3v) is 6.15. The summed E-state index contributed by atoms with van der Waals surface area (Å²) in [5, 5.41) is 9.59. The van der Waals surface area contributed by atoms with Crippen molar-refractivity contribution in [1.29, 1.82) is 0 Å². The largest absolute Gasteiger partial charge is 0.489 e. The molecule has 0 radical (unpaired) electrons. The zero-order valence-electron chi connectivity index (χ0n) is 18.5. The summed E-state index contributed by atoms with van der Waals surface area (Å²) in [6.45, 7) is 1.14. The Morgan fingerprint density at radius 2 is 1.76 bits per heavy atom. The number of carboxylic acid groups (broad SMARTS) is 1. The summed E-state index contributed by atoms with van der Waals surface area (Å²) < 4.78 is 46.7. The predicted molar refractivity (Wildman–Crippen MR) is 122 cm³/mol. The molecule has 0 amide bonds. The standard InChI is InChI=1S/C27H26F3NO3/c28-27(29,30)22-12-6-10-20(16-22)25(31-15-7-11-21(17-31)26(32)33)23-13-4-5-14-24(23)34-18-19-8-2-1-3-9-19/h1-6,8-10,12-14,16,21,25H,7,11,15,17-18H2,(H,32,33). The van der Waals surface area contributed by atoms with Crippen LogP contribution in [0.4, 0.5) is 13.2 Å². The first-order valence-corrected chi connectivity index (χ1v) is 11.2. The fourth-order valence-electron chi connectivity index (χ4n) is 4.49. The van der Waals surface area contributed by atoms with Crippen molar-refractivity contribution in [2.75, 3.05) is 13.1 Å². The van der Waals surface area contributed by atoms with E-state index in [2.05, 4.69) is 0 Å². The summed E-state index contributed by atoms with van der Waals surface area (Å²) in [6, 6.07) is 21.6. The number of halogens is 3. The fourth-order valence-corrected chi connectivity index (χ4v) is 4.49. The molecule has 0 spiro atoms. The van der Waals surface area contributed by atoms with Gasteiger partial charge >= 0.3 is 12.1 Å². The second kappa shape index (κ2) is 10.3. The van der Waals surface area contributed by atoms with Gasteiger partial charge in [-0.05, 0) is 48.7 Å². The molecule has 4 nitrogen and oxygen atoms in total. The third-order valence-electron chi connectivity index (χ3n) is 6.15. The van der Waals surface area contributed by atoms with Crippen LogP contribution in [0.1, 0.15) is 41.1 Å². The van der Waals surface area contributed by atoms with Crippen molar-refractivity contribution >= 4 is 5.97 Å². The van der Waals surface area contributed by atoms with Crippen LogP contribution in [0.2, 0.25) is 0 Å². The lowest BCUT2D eigenvalue weighted by Gasteiger charge is -2.38. The normalized spacial score (nSPS) is 17.8. The topological polar surface area (TPSA) is 49.8 Å². The molecule has 1 heterocycles. The summed E-state index contributed by atoms with van der Waals surface area (Å²) in [4.78, 5) is 13.7. The van der Waals surface area contributed by atoms with Gasteiger partial charge in [-0.1, -0.05) is 60.7 Å². The number of para-hydroxylation sites is 1. The van der Waals surface area contributed by atoms with Crippen molar-refractivity contribution < 1.29 is 27.8 Å². The van der Waals surface area contributed by atoms with Crippen LogP contribution in [0, 0.1) is 5.92 Å². The first kappa shape index (κ1) is 23.8. The minimum Gasteiger partial charge on any atom is -0.489 e. The highest BCUT2D eigenvalue weighted by Crippen LogP contribution is 2.39. The van der Waals surface area contributed by atoms with E-state index < -0.39 is 29.7 Å². The van der Waals surface area contributed by atoms with Crippen molar-refractivity contribution in [2.24, 2.45) is 5.92 Å². The Balaban J connectivity index is 1.74. The van der Waals surface area contributed by atoms with Gasteiger partial charge < -0.3 is 9.84 Å². The summed E-state index contributed by atoms with van der Waals surface area (Å²) in [5.41, 5.74) is 1.40. The number of carboxylic acids is 1. The molecule has 0 bridgehead atoms. The lowest BCUT2D eigenvalue weighted by molar-refractivity contribution is -0.143. The lowest BCUT2D eigenvalue weighted by atomic mass is 9.90. The molecule has 1 saturated heterocycles. The molecule has 1 aliphatic heterocycles. The number of hydrogen-bond donors (Lipinski definition) is 1. The average Bonchev–Trinajstić information content (AvgIpc) is 2.84. The molecule has 3 aromatic carbocycles. The number of rotatable bonds is 7. The van der Waals surface area contributed by atoms with Gasteiger partial charge in [-0.3, -0.25) is 9.69 Å². The molecule has 0 aliphatic carbocycles. The SMILES string of the molecule is O=C(O)C1CCCN(C(c2cccc(C(F)(F)F)c2)c2ccccc2OCc2ccccc2)C1. The van der Waals surface area contributed by atoms with E-state index in [1.807, 2.05) is 53.4 Å². The number of piperidine rings is 1. The van der Waals surface area contributed by atoms with Crippen LogP contribution in [0.25, 0.3) is 0 Å². The molecule has 2 unspecified atom stereocenters. The molecule has 2 atom stereocenters. The van der Waals surface area contributed by atoms with Crippen LogP contribution in [0.5, 0.6) is 5.75 Å². The molecule has 1 aliphatic rings. The lowest BCUT2D eigenvalue weighted by Crippen LogP contribution is -2.41. The van der Waals surface area contributed by atoms with Crippen molar-refractivity contribution in [3.05, 3.63) is 101 Å². The highest BCUT2D eigenvalue weighted by atomic mass is 19.4. The molecule has 3 aromatic rings. The van der Waals surface area contributed by atoms with Crippen molar-refractivity contribution in [3.8, 4) is 5.75 Å². The maximum Gasteiger partial charge on any atom is 0.416 e. The Bertz CT molecular complexity index is 1120. The minimum atomic E-state index is -4.48. The Hall–Kier alpha value is -3.32. The number of carbonyl (C=O) groups is 1. The number of ether oxygens (including phenoxy) is 1. The number of aliphatic carboxylic acids is 1. The van der Waals surface area contributed by atoms with E-state index in [4.69, 9.17) is 4.74 Å². The third kappa shape index (κ3) is 5.59. The number of alkyl halides is 3. The van der Waals surface area contributed by atoms with Crippen LogP contribution in [-0.2, 0) is 17.6 Å². The van der Waals surface area contributed by atoms with Gasteiger partial charge in [-0.25, -0.2) is 0 Å². The minimum absolute atomic E-state index is 0.253. The summed E-state index contributed by atoms with van der Waals surface area (Å²) >= 11 is 0. The fraction of sp³-hybridized carbons (Fsp3) is 0.296. The van der Waals surface area contributed by atoms with Gasteiger partial charge in [-0.2, -0.15) is 13.2 Å². The van der Waals surface area contributed by atoms with Gasteiger partial charge in [0, 0.05) is 12.1 Å². The molecule has 1 fully saturated rings. The molecule has 178 valence electrons. The van der Waals surface area contributed by atoms with E-state index in [9.17, 15) is 23.1 Å². The van der Waals surface area contributed by atoms with Crippen molar-refractivity contribution in [3.63, 3.8) is 0 Å². The number of benzene rings is 3. The van der Waals surface area contributed by atoms with E-state index in [1.165, 1.54) is 6.07 Å². The first-order valence-electron chi connectivity index (χ1n) is 11.2. The zero-order valence-corrected chi connectivity index (χ0v) is 18.5. The van der Waals surface area contributed by atoms with Crippen LogP contribution in [0.15, 0.2) is 78.9 Å². The van der Waals surface area contributed by atoms with Gasteiger partial charge in [0.15, 0.2) is 0 Å². The van der Waals surface area contributed by atoms with Crippen LogP contribution >= 0.6 is 0 Å². The zero-order chi connectivity index (χ0) is 24.1. The summed E-state index contributed by atoms with van der Waals surface area (Å²) in [7, 11) is 0. The number of likely N-dealkylation sites (tertiary alicyclic amines) is 1. The molecular formula is C27H26F3NO3. The monoisotopic (exact) mass is 469 g/mol. The van der Waals surface area contributed by atoms with Gasteiger partial charge in [0.1, 0.15) is 12.4 Å². The van der Waals surface area contributed by atoms with Crippen molar-refractivity contribution in [1.82, 2.24) is 4.90 Å². The number of nitrogens with zero attached hydrogens (tertiary/aromatic N) is 1. The van der Waals surface area contributed by atoms with Crippen LogP contribution in [-0.4, -0.2) is 29.1 Å². The number of hydrogen-bond acceptors (Lipinski definition) is 3. The van der Waals surface area contributed by atoms with Gasteiger partial charge in [0.05, 0.1) is 17.5 Å². The Morgan fingerprint density at radius 3 is 2.50 bits per heavy atom.